The van der Waals surface area contributed by atoms with Crippen molar-refractivity contribution < 1.29 is 9.59 Å². The lowest BCUT2D eigenvalue weighted by Crippen LogP contribution is -2.33. The van der Waals surface area contributed by atoms with Gasteiger partial charge in [0.2, 0.25) is 5.91 Å². The lowest BCUT2D eigenvalue weighted by atomic mass is 10.1. The Hall–Kier alpha value is -2.99. The molecule has 2 amide bonds. The molecule has 6 heteroatoms. The van der Waals surface area contributed by atoms with Gasteiger partial charge in [-0.3, -0.25) is 14.9 Å². The van der Waals surface area contributed by atoms with Crippen LogP contribution in [-0.2, 0) is 4.79 Å². The van der Waals surface area contributed by atoms with Crippen molar-refractivity contribution in [1.82, 2.24) is 5.32 Å². The minimum atomic E-state index is -0.578. The smallest absolute Gasteiger partial charge is 0.250 e. The van der Waals surface area contributed by atoms with Crippen LogP contribution in [0.1, 0.15) is 15.9 Å². The molecule has 2 aromatic rings. The van der Waals surface area contributed by atoms with Crippen molar-refractivity contribution >= 4 is 40.9 Å². The number of anilines is 1. The molecule has 23 heavy (non-hydrogen) atoms. The molecule has 0 aliphatic heterocycles. The largest absolute Gasteiger partial charge is 0.366 e. The molecule has 0 saturated carbocycles. The van der Waals surface area contributed by atoms with Gasteiger partial charge in [-0.25, -0.2) is 0 Å². The third-order valence-electron chi connectivity index (χ3n) is 2.90. The quantitative estimate of drug-likeness (QED) is 0.595. The average molecular weight is 325 g/mol. The summed E-state index contributed by atoms with van der Waals surface area (Å²) in [5.74, 6) is -0.950. The summed E-state index contributed by atoms with van der Waals surface area (Å²) in [6, 6.07) is 16.1. The predicted octanol–water partition coefficient (Wildman–Crippen LogP) is 2.31. The summed E-state index contributed by atoms with van der Waals surface area (Å²) in [5.41, 5.74) is 6.92. The Kier molecular flexibility index (Phi) is 5.60. The lowest BCUT2D eigenvalue weighted by molar-refractivity contribution is -0.115. The summed E-state index contributed by atoms with van der Waals surface area (Å²) in [6.07, 6.45) is 3.05. The summed E-state index contributed by atoms with van der Waals surface area (Å²) in [5, 5.41) is 5.38. The highest BCUT2D eigenvalue weighted by atomic mass is 32.1. The second-order valence-electron chi connectivity index (χ2n) is 4.60. The number of primary amides is 1. The molecule has 0 unspecified atom stereocenters. The molecule has 0 aromatic heterocycles. The number of benzene rings is 2. The molecule has 116 valence electrons. The van der Waals surface area contributed by atoms with Crippen LogP contribution in [0, 0.1) is 0 Å². The van der Waals surface area contributed by atoms with Gasteiger partial charge in [-0.1, -0.05) is 42.5 Å². The predicted molar refractivity (Wildman–Crippen MR) is 94.8 cm³/mol. The van der Waals surface area contributed by atoms with E-state index in [-0.39, 0.29) is 11.0 Å². The van der Waals surface area contributed by atoms with Crippen molar-refractivity contribution in [1.29, 1.82) is 0 Å². The number of nitrogens with one attached hydrogen (secondary N) is 2. The molecule has 2 aromatic carbocycles. The summed E-state index contributed by atoms with van der Waals surface area (Å²) < 4.78 is 0. The third-order valence-corrected chi connectivity index (χ3v) is 3.11. The Morgan fingerprint density at radius 1 is 1.00 bits per heavy atom. The molecule has 0 bridgehead atoms. The maximum Gasteiger partial charge on any atom is 0.250 e. The van der Waals surface area contributed by atoms with Crippen LogP contribution in [0.15, 0.2) is 60.7 Å². The fraction of sp³-hybridized carbons (Fsp3) is 0. The highest BCUT2D eigenvalue weighted by Crippen LogP contribution is 2.13. The monoisotopic (exact) mass is 325 g/mol. The highest BCUT2D eigenvalue weighted by molar-refractivity contribution is 7.80. The highest BCUT2D eigenvalue weighted by Gasteiger charge is 2.09. The van der Waals surface area contributed by atoms with Gasteiger partial charge < -0.3 is 11.1 Å². The number of para-hydroxylation sites is 1. The van der Waals surface area contributed by atoms with Gasteiger partial charge in [0, 0.05) is 6.08 Å². The normalized spacial score (nSPS) is 10.3. The molecule has 0 saturated heterocycles. The number of carbonyl (C=O) groups excluding carboxylic acids is 2. The average Bonchev–Trinajstić information content (AvgIpc) is 2.54. The van der Waals surface area contributed by atoms with Crippen LogP contribution in [0.5, 0.6) is 0 Å². The van der Waals surface area contributed by atoms with Gasteiger partial charge in [0.1, 0.15) is 0 Å². The van der Waals surface area contributed by atoms with E-state index in [0.29, 0.717) is 11.3 Å². The number of hydrogen-bond acceptors (Lipinski definition) is 3. The summed E-state index contributed by atoms with van der Waals surface area (Å²) in [6.45, 7) is 0. The minimum absolute atomic E-state index is 0.0846. The lowest BCUT2D eigenvalue weighted by Gasteiger charge is -2.10. The van der Waals surface area contributed by atoms with Crippen LogP contribution in [0.25, 0.3) is 6.08 Å². The van der Waals surface area contributed by atoms with Crippen molar-refractivity contribution in [2.75, 3.05) is 5.32 Å². The van der Waals surface area contributed by atoms with Crippen molar-refractivity contribution in [2.24, 2.45) is 5.73 Å². The molecule has 2 rings (SSSR count). The number of rotatable bonds is 4. The minimum Gasteiger partial charge on any atom is -0.366 e. The number of amides is 2. The van der Waals surface area contributed by atoms with E-state index in [9.17, 15) is 9.59 Å². The van der Waals surface area contributed by atoms with Gasteiger partial charge in [0.25, 0.3) is 5.91 Å². The maximum absolute atomic E-state index is 11.8. The van der Waals surface area contributed by atoms with E-state index in [2.05, 4.69) is 10.6 Å². The Morgan fingerprint density at radius 3 is 2.35 bits per heavy atom. The zero-order chi connectivity index (χ0) is 16.7. The number of nitrogens with two attached hydrogens (primary N) is 1. The topological polar surface area (TPSA) is 84.2 Å². The van der Waals surface area contributed by atoms with Gasteiger partial charge in [0.15, 0.2) is 5.11 Å². The number of thiocarbonyl (C=S) groups is 1. The van der Waals surface area contributed by atoms with Crippen LogP contribution in [-0.4, -0.2) is 16.9 Å². The summed E-state index contributed by atoms with van der Waals surface area (Å²) in [7, 11) is 0. The van der Waals surface area contributed by atoms with E-state index < -0.39 is 5.91 Å². The number of carbonyl (C=O) groups is 2. The fourth-order valence-corrected chi connectivity index (χ4v) is 2.06. The van der Waals surface area contributed by atoms with E-state index >= 15 is 0 Å². The van der Waals surface area contributed by atoms with Gasteiger partial charge in [0.05, 0.1) is 11.3 Å². The van der Waals surface area contributed by atoms with E-state index in [1.807, 2.05) is 30.3 Å². The van der Waals surface area contributed by atoms with Crippen LogP contribution in [0.3, 0.4) is 0 Å². The first kappa shape index (κ1) is 16.4. The Labute approximate surface area is 139 Å². The molecule has 0 heterocycles. The number of hydrogen-bond donors (Lipinski definition) is 3. The summed E-state index contributed by atoms with van der Waals surface area (Å²) >= 11 is 5.06. The molecule has 0 aliphatic rings. The second-order valence-corrected chi connectivity index (χ2v) is 5.01. The van der Waals surface area contributed by atoms with E-state index in [1.54, 1.807) is 30.3 Å². The third kappa shape index (κ3) is 5.05. The van der Waals surface area contributed by atoms with Crippen LogP contribution in [0.4, 0.5) is 5.69 Å². The van der Waals surface area contributed by atoms with Crippen molar-refractivity contribution in [3.8, 4) is 0 Å². The Bertz CT molecular complexity index is 757. The Balaban J connectivity index is 1.96. The first-order valence-corrected chi connectivity index (χ1v) is 7.21. The van der Waals surface area contributed by atoms with Crippen molar-refractivity contribution in [2.45, 2.75) is 0 Å². The molecule has 0 atom stereocenters. The summed E-state index contributed by atoms with van der Waals surface area (Å²) in [4.78, 5) is 23.1. The molecule has 0 aliphatic carbocycles. The molecule has 5 nitrogen and oxygen atoms in total. The first-order valence-electron chi connectivity index (χ1n) is 6.80. The van der Waals surface area contributed by atoms with E-state index in [0.717, 1.165) is 5.56 Å². The van der Waals surface area contributed by atoms with Gasteiger partial charge in [-0.05, 0) is 36.0 Å². The van der Waals surface area contributed by atoms with Crippen LogP contribution in [0.2, 0.25) is 0 Å². The van der Waals surface area contributed by atoms with Gasteiger partial charge in [-0.15, -0.1) is 0 Å². The van der Waals surface area contributed by atoms with Crippen molar-refractivity contribution in [3.63, 3.8) is 0 Å². The standard InChI is InChI=1S/C17H15N3O2S/c18-16(22)13-8-4-5-9-14(13)19-17(23)20-15(21)11-10-12-6-2-1-3-7-12/h1-11H,(H2,18,22)(H2,19,20,21,23). The zero-order valence-corrected chi connectivity index (χ0v) is 13.0. The van der Waals surface area contributed by atoms with Crippen LogP contribution >= 0.6 is 12.2 Å². The second kappa shape index (κ2) is 7.86. The maximum atomic E-state index is 11.8. The zero-order valence-electron chi connectivity index (χ0n) is 12.2. The molecule has 4 N–H and O–H groups in total. The fourth-order valence-electron chi connectivity index (χ4n) is 1.85. The molecular formula is C17H15N3O2S. The van der Waals surface area contributed by atoms with Crippen molar-refractivity contribution in [3.05, 3.63) is 71.8 Å². The van der Waals surface area contributed by atoms with E-state index in [1.165, 1.54) is 6.08 Å². The first-order chi connectivity index (χ1) is 11.1. The SMILES string of the molecule is NC(=O)c1ccccc1NC(=S)NC(=O)C=Cc1ccccc1. The van der Waals surface area contributed by atoms with Gasteiger partial charge >= 0.3 is 0 Å². The molecule has 0 radical (unpaired) electrons. The van der Waals surface area contributed by atoms with E-state index in [4.69, 9.17) is 18.0 Å². The van der Waals surface area contributed by atoms with Gasteiger partial charge in [-0.2, -0.15) is 0 Å². The molecule has 0 fully saturated rings. The Morgan fingerprint density at radius 2 is 1.65 bits per heavy atom. The molecular weight excluding hydrogens is 310 g/mol. The van der Waals surface area contributed by atoms with Crippen LogP contribution < -0.4 is 16.4 Å². The molecule has 0 spiro atoms.